The van der Waals surface area contributed by atoms with E-state index >= 15 is 0 Å². The number of aryl methyl sites for hydroxylation is 2. The second-order valence-electron chi connectivity index (χ2n) is 6.29. The van der Waals surface area contributed by atoms with Gasteiger partial charge in [0.2, 0.25) is 5.91 Å². The van der Waals surface area contributed by atoms with E-state index in [0.717, 1.165) is 38.8 Å². The van der Waals surface area contributed by atoms with Crippen LogP contribution in [0.4, 0.5) is 0 Å². The number of hydrogen-bond donors (Lipinski definition) is 1. The van der Waals surface area contributed by atoms with Gasteiger partial charge < -0.3 is 4.90 Å². The van der Waals surface area contributed by atoms with Gasteiger partial charge in [-0.2, -0.15) is 5.10 Å². The van der Waals surface area contributed by atoms with Gasteiger partial charge in [-0.15, -0.1) is 5.10 Å². The monoisotopic (exact) mass is 301 g/mol. The number of nitrogens with one attached hydrogen (secondary N) is 1. The number of rotatable bonds is 3. The molecular weight excluding hydrogens is 282 g/mol. The molecule has 1 atom stereocenters. The predicted octanol–water partition coefficient (Wildman–Crippen LogP) is 0.293. The number of likely N-dealkylation sites (tertiary alicyclic amines) is 1. The summed E-state index contributed by atoms with van der Waals surface area (Å²) in [6.07, 6.45) is 8.29. The van der Waals surface area contributed by atoms with Gasteiger partial charge in [-0.1, -0.05) is 0 Å². The number of hydrogen-bond acceptors (Lipinski definition) is 5. The maximum absolute atomic E-state index is 12.5. The van der Waals surface area contributed by atoms with Gasteiger partial charge in [-0.3, -0.25) is 9.89 Å². The van der Waals surface area contributed by atoms with E-state index in [2.05, 4.69) is 25.7 Å². The number of amides is 1. The van der Waals surface area contributed by atoms with Crippen LogP contribution in [0.5, 0.6) is 0 Å². The normalized spacial score (nSPS) is 23.9. The van der Waals surface area contributed by atoms with E-state index in [9.17, 15) is 4.79 Å². The number of aromatic amines is 1. The predicted molar refractivity (Wildman–Crippen MR) is 76.8 cm³/mol. The largest absolute Gasteiger partial charge is 0.342 e. The molecule has 1 fully saturated rings. The Morgan fingerprint density at radius 1 is 1.41 bits per heavy atom. The van der Waals surface area contributed by atoms with Gasteiger partial charge in [0.15, 0.2) is 0 Å². The second-order valence-corrected chi connectivity index (χ2v) is 6.29. The molecule has 1 unspecified atom stereocenters. The molecule has 0 saturated carbocycles. The molecule has 1 saturated heterocycles. The molecule has 1 aliphatic carbocycles. The molecule has 22 heavy (non-hydrogen) atoms. The molecule has 0 bridgehead atoms. The molecule has 2 aromatic rings. The topological polar surface area (TPSA) is 92.6 Å². The van der Waals surface area contributed by atoms with Crippen molar-refractivity contribution < 1.29 is 4.79 Å². The standard InChI is InChI=1S/C14H19N7O/c22-12(3-7-21-10-16-18-19-21)20-6-1-4-14(9-20)5-2-11-8-15-17-13(11)14/h8,10H,1-7,9H2,(H,15,17). The van der Waals surface area contributed by atoms with E-state index in [-0.39, 0.29) is 11.3 Å². The van der Waals surface area contributed by atoms with Crippen molar-refractivity contribution in [1.29, 1.82) is 0 Å². The van der Waals surface area contributed by atoms with Crippen LogP contribution in [-0.2, 0) is 23.2 Å². The van der Waals surface area contributed by atoms with Gasteiger partial charge in [-0.25, -0.2) is 4.68 Å². The number of aromatic nitrogens is 6. The molecule has 8 heteroatoms. The molecule has 116 valence electrons. The molecule has 8 nitrogen and oxygen atoms in total. The zero-order chi connectivity index (χ0) is 15.0. The Hall–Kier alpha value is -2.25. The number of fused-ring (bicyclic) bond motifs is 2. The second kappa shape index (κ2) is 5.19. The van der Waals surface area contributed by atoms with Crippen LogP contribution >= 0.6 is 0 Å². The third-order valence-corrected chi connectivity index (χ3v) is 5.00. The summed E-state index contributed by atoms with van der Waals surface area (Å²) in [6, 6.07) is 0. The van der Waals surface area contributed by atoms with Crippen LogP contribution in [0.1, 0.15) is 36.9 Å². The number of carbonyl (C=O) groups excluding carboxylic acids is 1. The number of tetrazole rings is 1. The van der Waals surface area contributed by atoms with Gasteiger partial charge in [0.1, 0.15) is 6.33 Å². The molecule has 4 rings (SSSR count). The molecule has 1 spiro atoms. The van der Waals surface area contributed by atoms with Crippen LogP contribution < -0.4 is 0 Å². The molecule has 0 aromatic carbocycles. The first-order valence-electron chi connectivity index (χ1n) is 7.78. The van der Waals surface area contributed by atoms with Gasteiger partial charge in [0.25, 0.3) is 0 Å². The average Bonchev–Trinajstić information content (AvgIpc) is 3.25. The third-order valence-electron chi connectivity index (χ3n) is 5.00. The van der Waals surface area contributed by atoms with Gasteiger partial charge in [0.05, 0.1) is 12.7 Å². The van der Waals surface area contributed by atoms with Crippen molar-refractivity contribution in [1.82, 2.24) is 35.3 Å². The average molecular weight is 301 g/mol. The Balaban J connectivity index is 1.44. The van der Waals surface area contributed by atoms with Crippen LogP contribution in [0.2, 0.25) is 0 Å². The SMILES string of the molecule is O=C(CCn1cnnn1)N1CCCC2(CCc3cn[nH]c32)C1. The summed E-state index contributed by atoms with van der Waals surface area (Å²) < 4.78 is 1.60. The lowest BCUT2D eigenvalue weighted by Gasteiger charge is -2.40. The van der Waals surface area contributed by atoms with Crippen molar-refractivity contribution in [3.63, 3.8) is 0 Å². The van der Waals surface area contributed by atoms with Crippen LogP contribution in [-0.4, -0.2) is 54.3 Å². The maximum Gasteiger partial charge on any atom is 0.224 e. The fourth-order valence-corrected chi connectivity index (χ4v) is 3.86. The first-order valence-corrected chi connectivity index (χ1v) is 7.78. The van der Waals surface area contributed by atoms with Crippen molar-refractivity contribution in [2.45, 2.75) is 44.1 Å². The van der Waals surface area contributed by atoms with Gasteiger partial charge in [-0.05, 0) is 41.7 Å². The molecule has 3 heterocycles. The van der Waals surface area contributed by atoms with Crippen LogP contribution in [0.25, 0.3) is 0 Å². The summed E-state index contributed by atoms with van der Waals surface area (Å²) in [5.74, 6) is 0.183. The fourth-order valence-electron chi connectivity index (χ4n) is 3.86. The smallest absolute Gasteiger partial charge is 0.224 e. The first kappa shape index (κ1) is 13.4. The highest BCUT2D eigenvalue weighted by molar-refractivity contribution is 5.76. The van der Waals surface area contributed by atoms with Crippen LogP contribution in [0, 0.1) is 0 Å². The van der Waals surface area contributed by atoms with Gasteiger partial charge >= 0.3 is 0 Å². The fraction of sp³-hybridized carbons (Fsp3) is 0.643. The first-order chi connectivity index (χ1) is 10.8. The lowest BCUT2D eigenvalue weighted by molar-refractivity contribution is -0.133. The highest BCUT2D eigenvalue weighted by atomic mass is 16.2. The highest BCUT2D eigenvalue weighted by Gasteiger charge is 2.44. The Kier molecular flexibility index (Phi) is 3.16. The lowest BCUT2D eigenvalue weighted by atomic mass is 9.77. The Bertz CT molecular complexity index is 665. The molecule has 1 amide bonds. The summed E-state index contributed by atoms with van der Waals surface area (Å²) in [7, 11) is 0. The summed E-state index contributed by atoms with van der Waals surface area (Å²) >= 11 is 0. The van der Waals surface area contributed by atoms with Gasteiger partial charge in [0, 0.05) is 30.6 Å². The number of nitrogens with zero attached hydrogens (tertiary/aromatic N) is 6. The number of carbonyl (C=O) groups is 1. The van der Waals surface area contributed by atoms with E-state index in [1.54, 1.807) is 11.0 Å². The van der Waals surface area contributed by atoms with E-state index in [4.69, 9.17) is 0 Å². The zero-order valence-electron chi connectivity index (χ0n) is 12.4. The number of H-pyrrole nitrogens is 1. The molecule has 2 aromatic heterocycles. The Morgan fingerprint density at radius 3 is 3.23 bits per heavy atom. The summed E-state index contributed by atoms with van der Waals surface area (Å²) in [6.45, 7) is 2.18. The van der Waals surface area contributed by atoms with Crippen molar-refractivity contribution in [2.75, 3.05) is 13.1 Å². The van der Waals surface area contributed by atoms with Crippen LogP contribution in [0.15, 0.2) is 12.5 Å². The van der Waals surface area contributed by atoms with Crippen molar-refractivity contribution >= 4 is 5.91 Å². The summed E-state index contributed by atoms with van der Waals surface area (Å²) in [5.41, 5.74) is 2.67. The summed E-state index contributed by atoms with van der Waals surface area (Å²) in [5, 5.41) is 18.3. The van der Waals surface area contributed by atoms with Crippen molar-refractivity contribution in [3.8, 4) is 0 Å². The Labute approximate surface area is 127 Å². The minimum atomic E-state index is 0.0918. The highest BCUT2D eigenvalue weighted by Crippen LogP contribution is 2.43. The molecule has 0 radical (unpaired) electrons. The molecule has 2 aliphatic rings. The van der Waals surface area contributed by atoms with Crippen molar-refractivity contribution in [3.05, 3.63) is 23.8 Å². The summed E-state index contributed by atoms with van der Waals surface area (Å²) in [4.78, 5) is 14.5. The third kappa shape index (κ3) is 2.18. The molecule has 1 N–H and O–H groups in total. The molecular formula is C14H19N7O. The lowest BCUT2D eigenvalue weighted by Crippen LogP contribution is -2.48. The van der Waals surface area contributed by atoms with Crippen LogP contribution in [0.3, 0.4) is 0 Å². The van der Waals surface area contributed by atoms with Crippen molar-refractivity contribution in [2.24, 2.45) is 0 Å². The minimum Gasteiger partial charge on any atom is -0.342 e. The van der Waals surface area contributed by atoms with E-state index in [0.29, 0.717) is 13.0 Å². The zero-order valence-corrected chi connectivity index (χ0v) is 12.4. The maximum atomic E-state index is 12.5. The van der Waals surface area contributed by atoms with E-state index in [1.807, 2.05) is 11.1 Å². The molecule has 1 aliphatic heterocycles. The Morgan fingerprint density at radius 2 is 2.36 bits per heavy atom. The quantitative estimate of drug-likeness (QED) is 0.880. The number of piperidine rings is 1. The van der Waals surface area contributed by atoms with E-state index < -0.39 is 0 Å². The van der Waals surface area contributed by atoms with E-state index in [1.165, 1.54) is 11.3 Å². The minimum absolute atomic E-state index is 0.0918.